The van der Waals surface area contributed by atoms with Crippen molar-refractivity contribution in [2.24, 2.45) is 5.73 Å². The molecule has 2 N–H and O–H groups in total. The monoisotopic (exact) mass is 587 g/mol. The largest absolute Gasteiger partial charge is 0.508 e. The van der Waals surface area contributed by atoms with Gasteiger partial charge in [-0.3, -0.25) is 4.43 Å². The average Bonchev–Trinajstić information content (AvgIpc) is 3.01. The van der Waals surface area contributed by atoms with Crippen molar-refractivity contribution in [3.63, 3.8) is 0 Å². The first kappa shape index (κ1) is 30.2. The van der Waals surface area contributed by atoms with E-state index >= 15 is 0 Å². The normalized spacial score (nSPS) is 11.2. The van der Waals surface area contributed by atoms with Crippen LogP contribution >= 0.6 is 15.1 Å². The molecule has 4 aromatic carbocycles. The Bertz CT molecular complexity index is 1280. The molecule has 0 unspecified atom stereocenters. The van der Waals surface area contributed by atoms with Crippen molar-refractivity contribution in [2.45, 2.75) is 26.3 Å². The third-order valence-corrected chi connectivity index (χ3v) is 14.1. The van der Waals surface area contributed by atoms with Crippen molar-refractivity contribution in [3.05, 3.63) is 121 Å². The highest BCUT2D eigenvalue weighted by atomic mass is 31.1. The second-order valence-corrected chi connectivity index (χ2v) is 15.9. The molecule has 0 fully saturated rings. The quantitative estimate of drug-likeness (QED) is 0.155. The highest BCUT2D eigenvalue weighted by molar-refractivity contribution is 7.80. The van der Waals surface area contributed by atoms with Gasteiger partial charge in [-0.25, -0.2) is 0 Å². The molecular weight excluding hydrogens is 548 g/mol. The molecule has 206 valence electrons. The van der Waals surface area contributed by atoms with Crippen LogP contribution in [0.2, 0.25) is 6.04 Å². The molecule has 0 atom stereocenters. The number of hydrogen-bond acceptors (Lipinski definition) is 4. The van der Waals surface area contributed by atoms with Gasteiger partial charge in [-0.2, -0.15) is 0 Å². The van der Waals surface area contributed by atoms with Gasteiger partial charge in [-0.05, 0) is 75.3 Å². The lowest BCUT2D eigenvalue weighted by molar-refractivity contribution is 0.114. The molecule has 0 aliphatic rings. The molecule has 0 saturated carbocycles. The van der Waals surface area contributed by atoms with Crippen molar-refractivity contribution in [1.29, 1.82) is 0 Å². The average molecular weight is 588 g/mol. The first-order chi connectivity index (χ1) is 19.7. The smallest absolute Gasteiger partial charge is 0.373 e. The van der Waals surface area contributed by atoms with Crippen molar-refractivity contribution in [3.8, 4) is 0 Å². The summed E-state index contributed by atoms with van der Waals surface area (Å²) in [5, 5.41) is 4.98. The van der Waals surface area contributed by atoms with Gasteiger partial charge >= 0.3 is 8.80 Å². The molecule has 0 aliphatic heterocycles. The Balaban J connectivity index is 2.05. The van der Waals surface area contributed by atoms with Gasteiger partial charge < -0.3 is 14.6 Å². The van der Waals surface area contributed by atoms with Gasteiger partial charge in [0.1, 0.15) is 0 Å². The zero-order valence-corrected chi connectivity index (χ0v) is 26.1. The van der Waals surface area contributed by atoms with E-state index < -0.39 is 23.9 Å². The predicted octanol–water partition coefficient (Wildman–Crippen LogP) is 5.56. The van der Waals surface area contributed by atoms with Gasteiger partial charge in [0, 0.05) is 19.3 Å². The van der Waals surface area contributed by atoms with Crippen LogP contribution in [0.3, 0.4) is 0 Å². The minimum atomic E-state index is -3.10. The third kappa shape index (κ3) is 8.16. The lowest BCUT2D eigenvalue weighted by Crippen LogP contribution is -2.48. The second-order valence-electron chi connectivity index (χ2n) is 9.06. The Hall–Kier alpha value is -2.72. The molecule has 4 aromatic rings. The summed E-state index contributed by atoms with van der Waals surface area (Å²) >= 11 is 0. The van der Waals surface area contributed by atoms with Crippen LogP contribution in [0.25, 0.3) is 0 Å². The molecule has 7 heteroatoms. The number of nitrogens with two attached hydrogens (primary N) is 1. The standard InChI is InChI=1S/C33H39NO3P2Si/c1-3-35-40(36-4-2,27-17-26-34)37-33(39(31-22-13-7-14-23-31)32-24-15-8-16-25-32)28-38(29-18-9-5-10-19-29)30-20-11-6-12-21-30/h5-16,18-25,28H,3-4,17,26-27,34H2,1-2H3/q+2. The van der Waals surface area contributed by atoms with Crippen molar-refractivity contribution in [1.82, 2.24) is 0 Å². The Morgan fingerprint density at radius 3 is 1.43 bits per heavy atom. The van der Waals surface area contributed by atoms with E-state index in [1.54, 1.807) is 0 Å². The first-order valence-electron chi connectivity index (χ1n) is 13.9. The molecule has 0 aromatic heterocycles. The summed E-state index contributed by atoms with van der Waals surface area (Å²) in [6.07, 6.45) is 0.778. The summed E-state index contributed by atoms with van der Waals surface area (Å²) in [7, 11) is -5.00. The summed E-state index contributed by atoms with van der Waals surface area (Å²) in [5.41, 5.74) is 6.91. The summed E-state index contributed by atoms with van der Waals surface area (Å²) in [6.45, 7) is 5.61. The number of benzene rings is 4. The Morgan fingerprint density at radius 1 is 0.650 bits per heavy atom. The van der Waals surface area contributed by atoms with E-state index in [9.17, 15) is 0 Å². The predicted molar refractivity (Wildman–Crippen MR) is 178 cm³/mol. The minimum Gasteiger partial charge on any atom is -0.373 e. The first-order valence-corrected chi connectivity index (χ1v) is 18.6. The molecule has 0 heterocycles. The molecule has 4 nitrogen and oxygen atoms in total. The Morgan fingerprint density at radius 2 is 1.05 bits per heavy atom. The van der Waals surface area contributed by atoms with Gasteiger partial charge in [0.15, 0.2) is 34.6 Å². The van der Waals surface area contributed by atoms with E-state index in [-0.39, 0.29) is 0 Å². The van der Waals surface area contributed by atoms with Gasteiger partial charge in [0.2, 0.25) is 7.55 Å². The zero-order chi connectivity index (χ0) is 28.0. The van der Waals surface area contributed by atoms with E-state index in [0.29, 0.717) is 25.8 Å². The van der Waals surface area contributed by atoms with Crippen LogP contribution in [0.4, 0.5) is 0 Å². The molecule has 0 saturated heterocycles. The van der Waals surface area contributed by atoms with Crippen LogP contribution in [0.1, 0.15) is 20.3 Å². The van der Waals surface area contributed by atoms with E-state index in [1.807, 2.05) is 13.8 Å². The zero-order valence-electron chi connectivity index (χ0n) is 23.4. The van der Waals surface area contributed by atoms with Crippen LogP contribution in [0.15, 0.2) is 121 Å². The van der Waals surface area contributed by atoms with E-state index in [4.69, 9.17) is 19.0 Å². The maximum absolute atomic E-state index is 7.21. The SMILES string of the molecule is CCO[Si](CCCN)(OCC)OC(C=[P+](c1ccccc1)c1ccccc1)=[P+](c1ccccc1)c1ccccc1. The third-order valence-electron chi connectivity index (χ3n) is 6.23. The topological polar surface area (TPSA) is 53.7 Å². The van der Waals surface area contributed by atoms with Crippen molar-refractivity contribution in [2.75, 3.05) is 19.8 Å². The van der Waals surface area contributed by atoms with Gasteiger partial charge in [-0.15, -0.1) is 0 Å². The van der Waals surface area contributed by atoms with E-state index in [1.165, 1.54) is 21.2 Å². The number of rotatable bonds is 14. The summed E-state index contributed by atoms with van der Waals surface area (Å²) in [4.78, 5) is 0. The molecule has 0 aliphatic carbocycles. The van der Waals surface area contributed by atoms with Crippen LogP contribution in [-0.2, 0) is 13.3 Å². The Labute approximate surface area is 242 Å². The maximum atomic E-state index is 7.21. The highest BCUT2D eigenvalue weighted by Crippen LogP contribution is 2.31. The van der Waals surface area contributed by atoms with Crippen molar-refractivity contribution < 1.29 is 13.3 Å². The molecule has 0 amide bonds. The van der Waals surface area contributed by atoms with Crippen LogP contribution in [-0.4, -0.2) is 39.8 Å². The summed E-state index contributed by atoms with van der Waals surface area (Å²) in [5.74, 6) is 2.37. The lowest BCUT2D eigenvalue weighted by atomic mass is 10.4. The van der Waals surface area contributed by atoms with E-state index in [2.05, 4.69) is 127 Å². The summed E-state index contributed by atoms with van der Waals surface area (Å²) in [6, 6.07) is 43.5. The second kappa shape index (κ2) is 15.9. The minimum absolute atomic E-state index is 0.519. The van der Waals surface area contributed by atoms with Crippen LogP contribution in [0.5, 0.6) is 0 Å². The number of hydrogen-bond donors (Lipinski definition) is 1. The van der Waals surface area contributed by atoms with E-state index in [0.717, 1.165) is 11.9 Å². The summed E-state index contributed by atoms with van der Waals surface area (Å²) < 4.78 is 20.1. The van der Waals surface area contributed by atoms with Crippen LogP contribution in [0, 0.1) is 0 Å². The highest BCUT2D eigenvalue weighted by Gasteiger charge is 2.45. The van der Waals surface area contributed by atoms with Crippen molar-refractivity contribution >= 4 is 56.4 Å². The molecular formula is C33H39NO3P2Si+2. The molecule has 0 spiro atoms. The molecule has 0 radical (unpaired) electrons. The fraction of sp³-hybridized carbons (Fsp3) is 0.212. The lowest BCUT2D eigenvalue weighted by Gasteiger charge is -2.27. The fourth-order valence-electron chi connectivity index (χ4n) is 4.49. The maximum Gasteiger partial charge on any atom is 0.508 e. The van der Waals surface area contributed by atoms with Gasteiger partial charge in [0.25, 0.3) is 5.48 Å². The van der Waals surface area contributed by atoms with Gasteiger partial charge in [-0.1, -0.05) is 72.8 Å². The molecule has 4 rings (SSSR count). The fourth-order valence-corrected chi connectivity index (χ4v) is 12.3. The molecule has 0 bridgehead atoms. The van der Waals surface area contributed by atoms with Gasteiger partial charge in [0.05, 0.1) is 0 Å². The Kier molecular flexibility index (Phi) is 12.0. The molecule has 40 heavy (non-hydrogen) atoms. The van der Waals surface area contributed by atoms with Crippen LogP contribution < -0.4 is 27.0 Å².